The average molecular weight is 430 g/mol. The Balaban J connectivity index is 0.000000396. The highest BCUT2D eigenvalue weighted by atomic mass is 19.4. The summed E-state index contributed by atoms with van der Waals surface area (Å²) in [6, 6.07) is 8.67. The van der Waals surface area contributed by atoms with Crippen molar-refractivity contribution in [3.63, 3.8) is 0 Å². The van der Waals surface area contributed by atoms with E-state index in [0.29, 0.717) is 12.3 Å². The second-order valence-corrected chi connectivity index (χ2v) is 7.44. The van der Waals surface area contributed by atoms with Gasteiger partial charge in [-0.3, -0.25) is 4.79 Å². The number of ether oxygens (including phenoxy) is 1. The molecule has 1 aromatic rings. The Morgan fingerprint density at radius 1 is 1.23 bits per heavy atom. The summed E-state index contributed by atoms with van der Waals surface area (Å²) in [5.74, 6) is -2.79. The fraction of sp³-hybridized carbons (Fsp3) is 0.550. The number of benzene rings is 1. The molecule has 1 aromatic carbocycles. The van der Waals surface area contributed by atoms with Crippen molar-refractivity contribution in [3.05, 3.63) is 35.9 Å². The number of fused-ring (bicyclic) bond motifs is 1. The van der Waals surface area contributed by atoms with Crippen molar-refractivity contribution in [2.45, 2.75) is 63.5 Å². The van der Waals surface area contributed by atoms with Gasteiger partial charge in [0.05, 0.1) is 6.04 Å². The summed E-state index contributed by atoms with van der Waals surface area (Å²) < 4.78 is 37.2. The van der Waals surface area contributed by atoms with Gasteiger partial charge >= 0.3 is 18.1 Å². The zero-order valence-electron chi connectivity index (χ0n) is 16.5. The maximum Gasteiger partial charge on any atom is 0.490 e. The van der Waals surface area contributed by atoms with E-state index in [0.717, 1.165) is 24.8 Å². The van der Waals surface area contributed by atoms with Gasteiger partial charge in [-0.2, -0.15) is 13.2 Å². The van der Waals surface area contributed by atoms with Crippen molar-refractivity contribution in [2.24, 2.45) is 11.7 Å². The van der Waals surface area contributed by atoms with E-state index in [1.54, 1.807) is 11.8 Å². The Labute approximate surface area is 172 Å². The number of nitrogens with zero attached hydrogens (tertiary/aromatic N) is 1. The van der Waals surface area contributed by atoms with Gasteiger partial charge in [-0.05, 0) is 37.7 Å². The molecular weight excluding hydrogens is 405 g/mol. The van der Waals surface area contributed by atoms with Crippen LogP contribution in [0.2, 0.25) is 0 Å². The first-order valence-electron chi connectivity index (χ1n) is 9.60. The number of hydrogen-bond acceptors (Lipinski definition) is 5. The topological polar surface area (TPSA) is 110 Å². The Bertz CT molecular complexity index is 755. The standard InChI is InChI=1S/C18H24N2O3.C2HF3O2/c1-12(19)17(21)20-15-9-5-8-14(15)10-16(20)18(22)23-11-13-6-3-2-4-7-13;3-2(4,5)1(6)7/h2-4,6-7,12,14-16H,5,8-11,19H2,1H3;(H,6,7)/t12-,14-,15-,16-;/m0./s1. The number of aliphatic carboxylic acids is 1. The van der Waals surface area contributed by atoms with Gasteiger partial charge in [0.25, 0.3) is 0 Å². The summed E-state index contributed by atoms with van der Waals surface area (Å²) >= 11 is 0. The van der Waals surface area contributed by atoms with Crippen LogP contribution in [0, 0.1) is 5.92 Å². The van der Waals surface area contributed by atoms with Crippen molar-refractivity contribution in [1.82, 2.24) is 4.90 Å². The predicted molar refractivity (Wildman–Crippen MR) is 100.0 cm³/mol. The lowest BCUT2D eigenvalue weighted by molar-refractivity contribution is -0.192. The normalized spacial score (nSPS) is 23.8. The molecule has 3 rings (SSSR count). The first kappa shape index (κ1) is 23.7. The summed E-state index contributed by atoms with van der Waals surface area (Å²) in [4.78, 5) is 35.6. The minimum Gasteiger partial charge on any atom is -0.475 e. The Hall–Kier alpha value is -2.62. The lowest BCUT2D eigenvalue weighted by Gasteiger charge is -2.30. The van der Waals surface area contributed by atoms with E-state index in [2.05, 4.69) is 0 Å². The Morgan fingerprint density at radius 2 is 1.83 bits per heavy atom. The third kappa shape index (κ3) is 5.94. The lowest BCUT2D eigenvalue weighted by Crippen LogP contribution is -2.51. The highest BCUT2D eigenvalue weighted by Gasteiger charge is 2.49. The smallest absolute Gasteiger partial charge is 0.475 e. The summed E-state index contributed by atoms with van der Waals surface area (Å²) in [7, 11) is 0. The molecule has 4 atom stereocenters. The monoisotopic (exact) mass is 430 g/mol. The molecule has 0 bridgehead atoms. The van der Waals surface area contributed by atoms with E-state index < -0.39 is 24.2 Å². The van der Waals surface area contributed by atoms with Gasteiger partial charge in [0, 0.05) is 6.04 Å². The van der Waals surface area contributed by atoms with Gasteiger partial charge in [0.15, 0.2) is 0 Å². The van der Waals surface area contributed by atoms with E-state index in [4.69, 9.17) is 20.4 Å². The zero-order valence-corrected chi connectivity index (χ0v) is 16.5. The van der Waals surface area contributed by atoms with Gasteiger partial charge in [-0.25, -0.2) is 9.59 Å². The van der Waals surface area contributed by atoms with Crippen LogP contribution in [-0.2, 0) is 25.7 Å². The van der Waals surface area contributed by atoms with E-state index in [1.165, 1.54) is 0 Å². The third-order valence-corrected chi connectivity index (χ3v) is 5.22. The second kappa shape index (κ2) is 9.92. The summed E-state index contributed by atoms with van der Waals surface area (Å²) in [5.41, 5.74) is 6.73. The Kier molecular flexibility index (Phi) is 7.83. The van der Waals surface area contributed by atoms with Crippen LogP contribution in [-0.4, -0.2) is 52.2 Å². The molecular formula is C20H25F3N2O5. The van der Waals surface area contributed by atoms with E-state index in [9.17, 15) is 22.8 Å². The number of carbonyl (C=O) groups excluding carboxylic acids is 2. The number of hydrogen-bond donors (Lipinski definition) is 2. The number of halogens is 3. The molecule has 3 N–H and O–H groups in total. The quantitative estimate of drug-likeness (QED) is 0.711. The highest BCUT2D eigenvalue weighted by molar-refractivity contribution is 5.88. The van der Waals surface area contributed by atoms with E-state index >= 15 is 0 Å². The molecule has 1 aliphatic heterocycles. The van der Waals surface area contributed by atoms with Crippen molar-refractivity contribution >= 4 is 17.8 Å². The lowest BCUT2D eigenvalue weighted by atomic mass is 10.0. The Morgan fingerprint density at radius 3 is 2.37 bits per heavy atom. The van der Waals surface area contributed by atoms with Crippen LogP contribution in [0.15, 0.2) is 30.3 Å². The van der Waals surface area contributed by atoms with Crippen LogP contribution in [0.25, 0.3) is 0 Å². The number of likely N-dealkylation sites (tertiary alicyclic amines) is 1. The molecule has 166 valence electrons. The highest BCUT2D eigenvalue weighted by Crippen LogP contribution is 2.41. The third-order valence-electron chi connectivity index (χ3n) is 5.22. The molecule has 10 heteroatoms. The fourth-order valence-corrected chi connectivity index (χ4v) is 3.88. The van der Waals surface area contributed by atoms with Crippen LogP contribution in [0.5, 0.6) is 0 Å². The molecule has 7 nitrogen and oxygen atoms in total. The van der Waals surface area contributed by atoms with Gasteiger partial charge in [-0.15, -0.1) is 0 Å². The van der Waals surface area contributed by atoms with E-state index in [-0.39, 0.29) is 24.5 Å². The van der Waals surface area contributed by atoms with Crippen LogP contribution in [0.1, 0.15) is 38.2 Å². The minimum absolute atomic E-state index is 0.138. The number of esters is 1. The van der Waals surface area contributed by atoms with Crippen LogP contribution in [0.3, 0.4) is 0 Å². The molecule has 0 spiro atoms. The van der Waals surface area contributed by atoms with Crippen molar-refractivity contribution in [3.8, 4) is 0 Å². The summed E-state index contributed by atoms with van der Waals surface area (Å²) in [6.07, 6.45) is -1.22. The zero-order chi connectivity index (χ0) is 22.5. The molecule has 2 aliphatic rings. The number of carbonyl (C=O) groups is 3. The second-order valence-electron chi connectivity index (χ2n) is 7.44. The van der Waals surface area contributed by atoms with Crippen LogP contribution < -0.4 is 5.73 Å². The summed E-state index contributed by atoms with van der Waals surface area (Å²) in [6.45, 7) is 1.92. The van der Waals surface area contributed by atoms with Crippen molar-refractivity contribution < 1.29 is 37.4 Å². The largest absolute Gasteiger partial charge is 0.490 e. The van der Waals surface area contributed by atoms with Gasteiger partial charge in [0.1, 0.15) is 12.6 Å². The summed E-state index contributed by atoms with van der Waals surface area (Å²) in [5, 5.41) is 7.12. The van der Waals surface area contributed by atoms with E-state index in [1.807, 2.05) is 30.3 Å². The molecule has 0 unspecified atom stereocenters. The molecule has 1 saturated heterocycles. The van der Waals surface area contributed by atoms with Crippen LogP contribution >= 0.6 is 0 Å². The maximum absolute atomic E-state index is 12.5. The number of carboxylic acid groups (broad SMARTS) is 1. The average Bonchev–Trinajstić information content (AvgIpc) is 3.27. The molecule has 1 saturated carbocycles. The first-order valence-corrected chi connectivity index (χ1v) is 9.60. The van der Waals surface area contributed by atoms with Gasteiger partial charge < -0.3 is 20.5 Å². The fourth-order valence-electron chi connectivity index (χ4n) is 3.88. The van der Waals surface area contributed by atoms with Crippen LogP contribution in [0.4, 0.5) is 13.2 Å². The van der Waals surface area contributed by atoms with Gasteiger partial charge in [0.2, 0.25) is 5.91 Å². The predicted octanol–water partition coefficient (Wildman–Crippen LogP) is 2.48. The molecule has 30 heavy (non-hydrogen) atoms. The molecule has 0 radical (unpaired) electrons. The van der Waals surface area contributed by atoms with Crippen molar-refractivity contribution in [2.75, 3.05) is 0 Å². The molecule has 2 fully saturated rings. The van der Waals surface area contributed by atoms with Gasteiger partial charge in [-0.1, -0.05) is 36.8 Å². The number of nitrogens with two attached hydrogens (primary N) is 1. The molecule has 1 amide bonds. The molecule has 1 aliphatic carbocycles. The van der Waals surface area contributed by atoms with Crippen molar-refractivity contribution in [1.29, 1.82) is 0 Å². The number of rotatable bonds is 4. The minimum atomic E-state index is -5.08. The first-order chi connectivity index (χ1) is 14.0. The number of carboxylic acids is 1. The number of amides is 1. The maximum atomic E-state index is 12.5. The molecule has 0 aromatic heterocycles. The number of alkyl halides is 3. The molecule has 1 heterocycles. The SMILES string of the molecule is C[C@H](N)C(=O)N1[C@H](C(=O)OCc2ccccc2)C[C@@H]2CCC[C@@H]21.O=C(O)C(F)(F)F.